The Morgan fingerprint density at radius 1 is 1.28 bits per heavy atom. The summed E-state index contributed by atoms with van der Waals surface area (Å²) >= 11 is 0. The van der Waals surface area contributed by atoms with E-state index in [0.717, 1.165) is 42.3 Å². The van der Waals surface area contributed by atoms with Crippen LogP contribution in [0.15, 0.2) is 35.4 Å². The molecular weight excluding hydrogens is 314 g/mol. The molecule has 3 aromatic rings. The standard InChI is InChI=1S/C19H23N5O/c1-13-19(14(2)25-23-13)18-9-16(3-6-21-18)15-4-7-24(8-5-15)11-17-10-20-12-22-17/h3,6,9-10,12,15H,4-5,7-8,11H2,1-2H3,(H,20,22). The van der Waals surface area contributed by atoms with Gasteiger partial charge in [0.25, 0.3) is 0 Å². The van der Waals surface area contributed by atoms with E-state index in [4.69, 9.17) is 4.52 Å². The smallest absolute Gasteiger partial charge is 0.143 e. The Morgan fingerprint density at radius 2 is 2.12 bits per heavy atom. The molecule has 0 aromatic carbocycles. The fraction of sp³-hybridized carbons (Fsp3) is 0.421. The van der Waals surface area contributed by atoms with Gasteiger partial charge in [-0.05, 0) is 63.4 Å². The van der Waals surface area contributed by atoms with E-state index in [2.05, 4.69) is 37.1 Å². The fourth-order valence-corrected chi connectivity index (χ4v) is 3.72. The molecule has 4 heterocycles. The second-order valence-corrected chi connectivity index (χ2v) is 6.80. The second kappa shape index (κ2) is 6.80. The van der Waals surface area contributed by atoms with E-state index in [1.807, 2.05) is 26.2 Å². The first-order valence-corrected chi connectivity index (χ1v) is 8.79. The summed E-state index contributed by atoms with van der Waals surface area (Å²) in [5.74, 6) is 1.41. The van der Waals surface area contributed by atoms with Crippen molar-refractivity contribution >= 4 is 0 Å². The van der Waals surface area contributed by atoms with Crippen LogP contribution in [0.5, 0.6) is 0 Å². The third-order valence-electron chi connectivity index (χ3n) is 5.08. The molecule has 6 heteroatoms. The molecule has 1 aliphatic rings. The summed E-state index contributed by atoms with van der Waals surface area (Å²) < 4.78 is 5.29. The zero-order valence-electron chi connectivity index (χ0n) is 14.7. The predicted molar refractivity (Wildman–Crippen MR) is 95.0 cm³/mol. The van der Waals surface area contributed by atoms with Gasteiger partial charge in [-0.15, -0.1) is 0 Å². The number of aromatic amines is 1. The number of likely N-dealkylation sites (tertiary alicyclic amines) is 1. The molecule has 0 spiro atoms. The molecule has 1 aliphatic heterocycles. The number of nitrogens with zero attached hydrogens (tertiary/aromatic N) is 4. The SMILES string of the molecule is Cc1noc(C)c1-c1cc(C2CCN(Cc3cnc[nH]3)CC2)ccn1. The van der Waals surface area contributed by atoms with Gasteiger partial charge in [-0.25, -0.2) is 4.98 Å². The summed E-state index contributed by atoms with van der Waals surface area (Å²) in [5, 5.41) is 4.05. The highest BCUT2D eigenvalue weighted by Gasteiger charge is 2.22. The molecule has 0 atom stereocenters. The number of pyridine rings is 1. The number of nitrogens with one attached hydrogen (secondary N) is 1. The third kappa shape index (κ3) is 3.35. The van der Waals surface area contributed by atoms with Gasteiger partial charge in [0.15, 0.2) is 0 Å². The average molecular weight is 337 g/mol. The van der Waals surface area contributed by atoms with Crippen LogP contribution in [0.1, 0.15) is 41.5 Å². The van der Waals surface area contributed by atoms with E-state index in [-0.39, 0.29) is 0 Å². The Kier molecular flexibility index (Phi) is 4.36. The highest BCUT2D eigenvalue weighted by atomic mass is 16.5. The van der Waals surface area contributed by atoms with Crippen LogP contribution in [0, 0.1) is 13.8 Å². The lowest BCUT2D eigenvalue weighted by atomic mass is 9.89. The summed E-state index contributed by atoms with van der Waals surface area (Å²) in [7, 11) is 0. The number of piperidine rings is 1. The molecule has 0 radical (unpaired) electrons. The van der Waals surface area contributed by atoms with Crippen LogP contribution in [-0.4, -0.2) is 38.1 Å². The van der Waals surface area contributed by atoms with Gasteiger partial charge < -0.3 is 9.51 Å². The summed E-state index contributed by atoms with van der Waals surface area (Å²) in [6.45, 7) is 7.07. The number of rotatable bonds is 4. The molecule has 1 fully saturated rings. The Balaban J connectivity index is 1.46. The molecular formula is C19H23N5O. The van der Waals surface area contributed by atoms with Gasteiger partial charge in [-0.2, -0.15) is 0 Å². The van der Waals surface area contributed by atoms with Crippen molar-refractivity contribution < 1.29 is 4.52 Å². The minimum absolute atomic E-state index is 0.584. The maximum Gasteiger partial charge on any atom is 0.143 e. The van der Waals surface area contributed by atoms with Gasteiger partial charge in [0, 0.05) is 24.6 Å². The zero-order valence-corrected chi connectivity index (χ0v) is 14.7. The van der Waals surface area contributed by atoms with Crippen molar-refractivity contribution in [1.82, 2.24) is 25.0 Å². The third-order valence-corrected chi connectivity index (χ3v) is 5.08. The quantitative estimate of drug-likeness (QED) is 0.789. The van der Waals surface area contributed by atoms with Gasteiger partial charge in [0.2, 0.25) is 0 Å². The molecule has 0 amide bonds. The van der Waals surface area contributed by atoms with Crippen LogP contribution in [0.3, 0.4) is 0 Å². The highest BCUT2D eigenvalue weighted by molar-refractivity contribution is 5.64. The topological polar surface area (TPSA) is 70.8 Å². The van der Waals surface area contributed by atoms with Crippen molar-refractivity contribution in [3.8, 4) is 11.3 Å². The maximum absolute atomic E-state index is 5.29. The minimum Gasteiger partial charge on any atom is -0.361 e. The molecule has 25 heavy (non-hydrogen) atoms. The van der Waals surface area contributed by atoms with Crippen molar-refractivity contribution in [2.75, 3.05) is 13.1 Å². The lowest BCUT2D eigenvalue weighted by Gasteiger charge is -2.31. The van der Waals surface area contributed by atoms with Gasteiger partial charge in [0.05, 0.1) is 23.3 Å². The summed E-state index contributed by atoms with van der Waals surface area (Å²) in [5.41, 5.74) is 5.44. The number of hydrogen-bond donors (Lipinski definition) is 1. The van der Waals surface area contributed by atoms with E-state index in [1.54, 1.807) is 6.33 Å². The van der Waals surface area contributed by atoms with Gasteiger partial charge in [-0.3, -0.25) is 9.88 Å². The first-order valence-electron chi connectivity index (χ1n) is 8.79. The summed E-state index contributed by atoms with van der Waals surface area (Å²) in [6, 6.07) is 4.36. The van der Waals surface area contributed by atoms with E-state index < -0.39 is 0 Å². The van der Waals surface area contributed by atoms with Crippen LogP contribution < -0.4 is 0 Å². The fourth-order valence-electron chi connectivity index (χ4n) is 3.72. The van der Waals surface area contributed by atoms with E-state index >= 15 is 0 Å². The van der Waals surface area contributed by atoms with Crippen LogP contribution in [0.25, 0.3) is 11.3 Å². The molecule has 1 saturated heterocycles. The molecule has 0 bridgehead atoms. The van der Waals surface area contributed by atoms with E-state index in [9.17, 15) is 0 Å². The second-order valence-electron chi connectivity index (χ2n) is 6.80. The van der Waals surface area contributed by atoms with Gasteiger partial charge >= 0.3 is 0 Å². The van der Waals surface area contributed by atoms with Crippen molar-refractivity contribution in [1.29, 1.82) is 0 Å². The number of aryl methyl sites for hydroxylation is 2. The van der Waals surface area contributed by atoms with E-state index in [1.165, 1.54) is 24.1 Å². The van der Waals surface area contributed by atoms with E-state index in [0.29, 0.717) is 5.92 Å². The molecule has 130 valence electrons. The molecule has 1 N–H and O–H groups in total. The molecule has 0 unspecified atom stereocenters. The highest BCUT2D eigenvalue weighted by Crippen LogP contribution is 2.32. The predicted octanol–water partition coefficient (Wildman–Crippen LogP) is 3.46. The molecule has 6 nitrogen and oxygen atoms in total. The normalized spacial score (nSPS) is 16.4. The number of H-pyrrole nitrogens is 1. The Labute approximate surface area is 147 Å². The van der Waals surface area contributed by atoms with Gasteiger partial charge in [0.1, 0.15) is 5.76 Å². The molecule has 0 aliphatic carbocycles. The Bertz CT molecular complexity index is 812. The largest absolute Gasteiger partial charge is 0.361 e. The van der Waals surface area contributed by atoms with Crippen LogP contribution in [0.2, 0.25) is 0 Å². The van der Waals surface area contributed by atoms with Crippen molar-refractivity contribution in [3.05, 3.63) is 53.6 Å². The lowest BCUT2D eigenvalue weighted by Crippen LogP contribution is -2.32. The molecule has 4 rings (SSSR count). The van der Waals surface area contributed by atoms with Crippen molar-refractivity contribution in [2.24, 2.45) is 0 Å². The lowest BCUT2D eigenvalue weighted by molar-refractivity contribution is 0.203. The minimum atomic E-state index is 0.584. The van der Waals surface area contributed by atoms with Crippen molar-refractivity contribution in [2.45, 2.75) is 39.2 Å². The number of hydrogen-bond acceptors (Lipinski definition) is 5. The average Bonchev–Trinajstić information content (AvgIpc) is 3.25. The van der Waals surface area contributed by atoms with Crippen molar-refractivity contribution in [3.63, 3.8) is 0 Å². The first kappa shape index (κ1) is 16.0. The van der Waals surface area contributed by atoms with Crippen LogP contribution >= 0.6 is 0 Å². The zero-order chi connectivity index (χ0) is 17.2. The number of aromatic nitrogens is 4. The first-order chi connectivity index (χ1) is 12.2. The monoisotopic (exact) mass is 337 g/mol. The van der Waals surface area contributed by atoms with Crippen LogP contribution in [-0.2, 0) is 6.54 Å². The molecule has 0 saturated carbocycles. The van der Waals surface area contributed by atoms with Gasteiger partial charge in [-0.1, -0.05) is 5.16 Å². The van der Waals surface area contributed by atoms with Crippen LogP contribution in [0.4, 0.5) is 0 Å². The summed E-state index contributed by atoms with van der Waals surface area (Å²) in [4.78, 5) is 14.3. The Hall–Kier alpha value is -2.47. The Morgan fingerprint density at radius 3 is 2.80 bits per heavy atom. The molecule has 3 aromatic heterocycles. The summed E-state index contributed by atoms with van der Waals surface area (Å²) in [6.07, 6.45) is 7.89. The number of imidazole rings is 1. The maximum atomic E-state index is 5.29.